The Hall–Kier alpha value is -3.45. The van der Waals surface area contributed by atoms with Crippen molar-refractivity contribution in [2.45, 2.75) is 12.8 Å². The number of carbonyl (C=O) groups excluding carboxylic acids is 1. The summed E-state index contributed by atoms with van der Waals surface area (Å²) in [6, 6.07) is 16.7. The molecule has 7 nitrogen and oxygen atoms in total. The van der Waals surface area contributed by atoms with Gasteiger partial charge in [0.1, 0.15) is 17.6 Å². The predicted molar refractivity (Wildman–Crippen MR) is 112 cm³/mol. The number of guanidine groups is 1. The molecule has 0 radical (unpaired) electrons. The van der Waals surface area contributed by atoms with E-state index < -0.39 is 0 Å². The molecular weight excluding hydrogens is 368 g/mol. The second-order valence-corrected chi connectivity index (χ2v) is 6.54. The van der Waals surface area contributed by atoms with Crippen molar-refractivity contribution in [2.75, 3.05) is 25.6 Å². The van der Waals surface area contributed by atoms with Crippen molar-refractivity contribution in [2.24, 2.45) is 10.7 Å². The number of ketones is 1. The van der Waals surface area contributed by atoms with Gasteiger partial charge in [-0.3, -0.25) is 9.79 Å². The van der Waals surface area contributed by atoms with Gasteiger partial charge >= 0.3 is 0 Å². The summed E-state index contributed by atoms with van der Waals surface area (Å²) in [4.78, 5) is 16.9. The van der Waals surface area contributed by atoms with Crippen molar-refractivity contribution in [3.8, 4) is 0 Å². The van der Waals surface area contributed by atoms with Crippen LogP contribution in [0.25, 0.3) is 0 Å². The largest absolute Gasteiger partial charge is 0.383 e. The van der Waals surface area contributed by atoms with Crippen molar-refractivity contribution in [1.29, 1.82) is 0 Å². The number of carbonyl (C=O) groups is 1. The summed E-state index contributed by atoms with van der Waals surface area (Å²) >= 11 is 0. The summed E-state index contributed by atoms with van der Waals surface area (Å²) in [5.74, 6) is 0.117. The van der Waals surface area contributed by atoms with Crippen molar-refractivity contribution >= 4 is 17.4 Å². The third-order valence-electron chi connectivity index (χ3n) is 4.53. The Bertz CT molecular complexity index is 982. The lowest BCUT2D eigenvalue weighted by molar-refractivity contribution is 0.103. The number of nitrogens with one attached hydrogen (secondary N) is 1. The van der Waals surface area contributed by atoms with Gasteiger partial charge in [0.15, 0.2) is 11.7 Å². The van der Waals surface area contributed by atoms with Crippen LogP contribution in [0.3, 0.4) is 0 Å². The molecule has 1 aromatic heterocycles. The van der Waals surface area contributed by atoms with Crippen LogP contribution in [0.15, 0.2) is 70.4 Å². The van der Waals surface area contributed by atoms with Gasteiger partial charge in [-0.2, -0.15) is 0 Å². The van der Waals surface area contributed by atoms with Crippen molar-refractivity contribution < 1.29 is 14.1 Å². The van der Waals surface area contributed by atoms with E-state index in [1.54, 1.807) is 7.11 Å². The molecule has 0 saturated carbocycles. The number of methoxy groups -OCH3 is 1. The first-order chi connectivity index (χ1) is 14.1. The number of hydrogen-bond donors (Lipinski definition) is 2. The van der Waals surface area contributed by atoms with Crippen molar-refractivity contribution in [1.82, 2.24) is 5.16 Å². The fourth-order valence-electron chi connectivity index (χ4n) is 2.95. The summed E-state index contributed by atoms with van der Waals surface area (Å²) in [5, 5.41) is 7.13. The first-order valence-electron chi connectivity index (χ1n) is 9.30. The Kier molecular flexibility index (Phi) is 6.76. The molecule has 3 rings (SSSR count). The van der Waals surface area contributed by atoms with Gasteiger partial charge < -0.3 is 20.3 Å². The van der Waals surface area contributed by atoms with Crippen molar-refractivity contribution in [3.63, 3.8) is 0 Å². The van der Waals surface area contributed by atoms with E-state index in [1.807, 2.05) is 61.5 Å². The standard InChI is InChI=1S/C22H24N4O3/c1-15(20-19(14-29-26-20)25-22(23)24-11-12-28-2)17-9-6-10-18(13-17)21(27)16-7-4-3-5-8-16/h3-10,13-15H,11-12H2,1-2H3,(H3,23,24,25). The molecule has 1 unspecified atom stereocenters. The molecule has 3 N–H and O–H groups in total. The first-order valence-corrected chi connectivity index (χ1v) is 9.30. The van der Waals surface area contributed by atoms with E-state index in [9.17, 15) is 4.79 Å². The zero-order valence-corrected chi connectivity index (χ0v) is 16.5. The molecule has 0 aliphatic rings. The molecule has 29 heavy (non-hydrogen) atoms. The maximum atomic E-state index is 12.8. The Balaban J connectivity index is 1.80. The van der Waals surface area contributed by atoms with Crippen LogP contribution in [0.4, 0.5) is 5.69 Å². The number of nitrogens with two attached hydrogens (primary N) is 1. The second-order valence-electron chi connectivity index (χ2n) is 6.54. The van der Waals surface area contributed by atoms with Gasteiger partial charge in [0.2, 0.25) is 0 Å². The molecule has 2 aromatic carbocycles. The number of hydrogen-bond acceptors (Lipinski definition) is 5. The number of aliphatic imine (C=N–C) groups is 1. The maximum absolute atomic E-state index is 12.8. The number of benzene rings is 2. The van der Waals surface area contributed by atoms with E-state index in [0.717, 1.165) is 5.56 Å². The number of rotatable bonds is 8. The summed E-state index contributed by atoms with van der Waals surface area (Å²) < 4.78 is 10.1. The Morgan fingerprint density at radius 3 is 2.72 bits per heavy atom. The van der Waals surface area contributed by atoms with Gasteiger partial charge in [0.05, 0.1) is 13.2 Å². The predicted octanol–water partition coefficient (Wildman–Crippen LogP) is 3.43. The van der Waals surface area contributed by atoms with Gasteiger partial charge in [0, 0.05) is 24.2 Å². The number of aromatic nitrogens is 1. The van der Waals surface area contributed by atoms with E-state index in [1.165, 1.54) is 6.26 Å². The van der Waals surface area contributed by atoms with E-state index in [2.05, 4.69) is 15.5 Å². The highest BCUT2D eigenvalue weighted by Gasteiger charge is 2.19. The lowest BCUT2D eigenvalue weighted by Gasteiger charge is -2.13. The molecule has 0 spiro atoms. The lowest BCUT2D eigenvalue weighted by atomic mass is 9.93. The normalized spacial score (nSPS) is 12.6. The molecular formula is C22H24N4O3. The summed E-state index contributed by atoms with van der Waals surface area (Å²) in [6.07, 6.45) is 1.49. The van der Waals surface area contributed by atoms with Gasteiger partial charge in [-0.25, -0.2) is 0 Å². The molecule has 150 valence electrons. The first kappa shape index (κ1) is 20.3. The molecule has 0 aliphatic carbocycles. The highest BCUT2D eigenvalue weighted by molar-refractivity contribution is 6.09. The van der Waals surface area contributed by atoms with E-state index >= 15 is 0 Å². The summed E-state index contributed by atoms with van der Waals surface area (Å²) in [7, 11) is 1.61. The second kappa shape index (κ2) is 9.66. The van der Waals surface area contributed by atoms with Crippen molar-refractivity contribution in [3.05, 3.63) is 83.2 Å². The number of nitrogens with zero attached hydrogens (tertiary/aromatic N) is 2. The minimum Gasteiger partial charge on any atom is -0.383 e. The smallest absolute Gasteiger partial charge is 0.193 e. The monoisotopic (exact) mass is 392 g/mol. The van der Waals surface area contributed by atoms with Crippen LogP contribution < -0.4 is 11.1 Å². The average Bonchev–Trinajstić information content (AvgIpc) is 3.21. The third-order valence-corrected chi connectivity index (χ3v) is 4.53. The Morgan fingerprint density at radius 2 is 1.97 bits per heavy atom. The lowest BCUT2D eigenvalue weighted by Crippen LogP contribution is -2.24. The van der Waals surface area contributed by atoms with Crippen LogP contribution in [-0.2, 0) is 4.74 Å². The zero-order chi connectivity index (χ0) is 20.6. The van der Waals surface area contributed by atoms with Crippen LogP contribution in [0.5, 0.6) is 0 Å². The molecule has 0 aliphatic heterocycles. The van der Waals surface area contributed by atoms with Gasteiger partial charge in [0.25, 0.3) is 0 Å². The molecule has 3 aromatic rings. The van der Waals surface area contributed by atoms with Gasteiger partial charge in [-0.15, -0.1) is 0 Å². The van der Waals surface area contributed by atoms with Crippen LogP contribution in [0.2, 0.25) is 0 Å². The molecule has 0 saturated heterocycles. The van der Waals surface area contributed by atoms with E-state index in [4.69, 9.17) is 15.0 Å². The molecule has 1 atom stereocenters. The molecule has 0 bridgehead atoms. The van der Waals surface area contributed by atoms with Crippen LogP contribution in [-0.4, -0.2) is 37.2 Å². The van der Waals surface area contributed by atoms with Gasteiger partial charge in [-0.05, 0) is 11.6 Å². The maximum Gasteiger partial charge on any atom is 0.193 e. The van der Waals surface area contributed by atoms with E-state index in [-0.39, 0.29) is 17.7 Å². The average molecular weight is 392 g/mol. The fourth-order valence-corrected chi connectivity index (χ4v) is 2.95. The SMILES string of the molecule is COCCN=C(N)Nc1conc1C(C)c1cccc(C(=O)c2ccccc2)c1. The van der Waals surface area contributed by atoms with Crippen LogP contribution in [0, 0.1) is 0 Å². The third kappa shape index (κ3) is 5.08. The number of ether oxygens (including phenoxy) is 1. The highest BCUT2D eigenvalue weighted by Crippen LogP contribution is 2.29. The Labute approximate surface area is 169 Å². The fraction of sp³-hybridized carbons (Fsp3) is 0.227. The molecule has 1 heterocycles. The Morgan fingerprint density at radius 1 is 1.21 bits per heavy atom. The zero-order valence-electron chi connectivity index (χ0n) is 16.5. The summed E-state index contributed by atoms with van der Waals surface area (Å²) in [6.45, 7) is 2.93. The summed E-state index contributed by atoms with van der Waals surface area (Å²) in [5.41, 5.74) is 9.45. The minimum absolute atomic E-state index is 0.0207. The van der Waals surface area contributed by atoms with Gasteiger partial charge in [-0.1, -0.05) is 60.6 Å². The topological polar surface area (TPSA) is 103 Å². The van der Waals surface area contributed by atoms with E-state index in [0.29, 0.717) is 35.7 Å². The van der Waals surface area contributed by atoms with Crippen LogP contribution in [0.1, 0.15) is 40.0 Å². The molecule has 7 heteroatoms. The van der Waals surface area contributed by atoms with Crippen LogP contribution >= 0.6 is 0 Å². The quantitative estimate of drug-likeness (QED) is 0.263. The molecule has 0 fully saturated rings. The highest BCUT2D eigenvalue weighted by atomic mass is 16.5. The minimum atomic E-state index is -0.119. The molecule has 0 amide bonds. The number of anilines is 1.